The number of guanidine groups is 1. The SMILES string of the molecule is CCN(CCCO)C(N)=NO. The lowest BCUT2D eigenvalue weighted by Crippen LogP contribution is -2.38. The normalized spacial score (nSPS) is 11.6. The second-order valence-corrected chi connectivity index (χ2v) is 2.12. The van der Waals surface area contributed by atoms with E-state index in [1.54, 1.807) is 4.90 Å². The van der Waals surface area contributed by atoms with E-state index in [0.29, 0.717) is 19.5 Å². The molecule has 11 heavy (non-hydrogen) atoms. The number of nitrogens with zero attached hydrogens (tertiary/aromatic N) is 2. The van der Waals surface area contributed by atoms with E-state index in [4.69, 9.17) is 16.0 Å². The Labute approximate surface area is 66.1 Å². The molecule has 66 valence electrons. The summed E-state index contributed by atoms with van der Waals surface area (Å²) in [5.41, 5.74) is 5.31. The van der Waals surface area contributed by atoms with Crippen LogP contribution in [0.25, 0.3) is 0 Å². The van der Waals surface area contributed by atoms with Gasteiger partial charge in [0, 0.05) is 19.7 Å². The molecule has 0 aromatic rings. The van der Waals surface area contributed by atoms with Crippen LogP contribution < -0.4 is 5.73 Å². The third-order valence-corrected chi connectivity index (χ3v) is 1.39. The van der Waals surface area contributed by atoms with Crippen LogP contribution in [0, 0.1) is 0 Å². The zero-order chi connectivity index (χ0) is 8.69. The fourth-order valence-electron chi connectivity index (χ4n) is 0.759. The summed E-state index contributed by atoms with van der Waals surface area (Å²) in [7, 11) is 0. The second kappa shape index (κ2) is 5.79. The molecular formula is C6H15N3O2. The third kappa shape index (κ3) is 3.67. The van der Waals surface area contributed by atoms with Crippen molar-refractivity contribution < 1.29 is 10.3 Å². The fourth-order valence-corrected chi connectivity index (χ4v) is 0.759. The first-order valence-electron chi connectivity index (χ1n) is 3.59. The first-order chi connectivity index (χ1) is 5.26. The molecular weight excluding hydrogens is 146 g/mol. The van der Waals surface area contributed by atoms with E-state index < -0.39 is 0 Å². The van der Waals surface area contributed by atoms with E-state index >= 15 is 0 Å². The fraction of sp³-hybridized carbons (Fsp3) is 0.833. The summed E-state index contributed by atoms with van der Waals surface area (Å²) in [6.07, 6.45) is 0.629. The van der Waals surface area contributed by atoms with Gasteiger partial charge < -0.3 is 20.9 Å². The predicted molar refractivity (Wildman–Crippen MR) is 42.4 cm³/mol. The number of rotatable bonds is 4. The Bertz CT molecular complexity index is 127. The number of aliphatic hydroxyl groups excluding tert-OH is 1. The van der Waals surface area contributed by atoms with E-state index in [1.165, 1.54) is 0 Å². The van der Waals surface area contributed by atoms with Crippen LogP contribution in [-0.2, 0) is 0 Å². The maximum atomic E-state index is 8.50. The molecule has 5 nitrogen and oxygen atoms in total. The van der Waals surface area contributed by atoms with Gasteiger partial charge in [-0.1, -0.05) is 5.16 Å². The summed E-state index contributed by atoms with van der Waals surface area (Å²) in [6, 6.07) is 0. The summed E-state index contributed by atoms with van der Waals surface area (Å²) in [5.74, 6) is 0.0981. The molecule has 0 aliphatic carbocycles. The molecule has 0 saturated carbocycles. The van der Waals surface area contributed by atoms with Crippen molar-refractivity contribution in [2.75, 3.05) is 19.7 Å². The Morgan fingerprint density at radius 3 is 2.64 bits per heavy atom. The summed E-state index contributed by atoms with van der Waals surface area (Å²) in [6.45, 7) is 3.31. The molecule has 0 aromatic carbocycles. The minimum absolute atomic E-state index is 0.0981. The molecule has 0 aliphatic heterocycles. The molecule has 0 fully saturated rings. The quantitative estimate of drug-likeness (QED) is 0.222. The zero-order valence-electron chi connectivity index (χ0n) is 6.69. The van der Waals surface area contributed by atoms with Gasteiger partial charge in [-0.25, -0.2) is 0 Å². The Balaban J connectivity index is 3.75. The van der Waals surface area contributed by atoms with Gasteiger partial charge in [0.1, 0.15) is 0 Å². The van der Waals surface area contributed by atoms with Crippen LogP contribution in [-0.4, -0.2) is 40.9 Å². The Kier molecular flexibility index (Phi) is 5.28. The minimum Gasteiger partial charge on any atom is -0.408 e. The van der Waals surface area contributed by atoms with Gasteiger partial charge >= 0.3 is 0 Å². The molecule has 5 heteroatoms. The topological polar surface area (TPSA) is 82.1 Å². The van der Waals surface area contributed by atoms with Crippen molar-refractivity contribution in [3.63, 3.8) is 0 Å². The van der Waals surface area contributed by atoms with Crippen molar-refractivity contribution in [2.24, 2.45) is 10.9 Å². The number of hydrogen-bond acceptors (Lipinski definition) is 3. The lowest BCUT2D eigenvalue weighted by molar-refractivity contribution is 0.260. The molecule has 0 unspecified atom stereocenters. The Hall–Kier alpha value is -0.970. The van der Waals surface area contributed by atoms with E-state index in [0.717, 1.165) is 0 Å². The van der Waals surface area contributed by atoms with Crippen molar-refractivity contribution >= 4 is 5.96 Å². The monoisotopic (exact) mass is 161 g/mol. The minimum atomic E-state index is 0.0981. The van der Waals surface area contributed by atoms with Crippen molar-refractivity contribution in [1.29, 1.82) is 0 Å². The highest BCUT2D eigenvalue weighted by Gasteiger charge is 2.03. The molecule has 0 amide bonds. The molecule has 0 aromatic heterocycles. The molecule has 0 atom stereocenters. The Morgan fingerprint density at radius 2 is 2.27 bits per heavy atom. The maximum Gasteiger partial charge on any atom is 0.233 e. The van der Waals surface area contributed by atoms with Gasteiger partial charge in [0.2, 0.25) is 5.96 Å². The van der Waals surface area contributed by atoms with Crippen molar-refractivity contribution in [3.05, 3.63) is 0 Å². The molecule has 0 aliphatic rings. The van der Waals surface area contributed by atoms with Crippen molar-refractivity contribution in [2.45, 2.75) is 13.3 Å². The largest absolute Gasteiger partial charge is 0.408 e. The van der Waals surface area contributed by atoms with E-state index in [1.807, 2.05) is 6.92 Å². The second-order valence-electron chi connectivity index (χ2n) is 2.12. The molecule has 0 rings (SSSR count). The van der Waals surface area contributed by atoms with Gasteiger partial charge in [0.15, 0.2) is 0 Å². The predicted octanol–water partition coefficient (Wildman–Crippen LogP) is -0.605. The van der Waals surface area contributed by atoms with Crippen LogP contribution >= 0.6 is 0 Å². The summed E-state index contributed by atoms with van der Waals surface area (Å²) < 4.78 is 0. The Morgan fingerprint density at radius 1 is 1.64 bits per heavy atom. The van der Waals surface area contributed by atoms with Crippen LogP contribution in [0.5, 0.6) is 0 Å². The lowest BCUT2D eigenvalue weighted by atomic mass is 10.4. The van der Waals surface area contributed by atoms with Gasteiger partial charge in [-0.15, -0.1) is 0 Å². The number of nitrogens with two attached hydrogens (primary N) is 1. The van der Waals surface area contributed by atoms with E-state index in [-0.39, 0.29) is 12.6 Å². The van der Waals surface area contributed by atoms with Gasteiger partial charge in [0.05, 0.1) is 0 Å². The van der Waals surface area contributed by atoms with Gasteiger partial charge in [-0.3, -0.25) is 0 Å². The first-order valence-corrected chi connectivity index (χ1v) is 3.59. The highest BCUT2D eigenvalue weighted by Crippen LogP contribution is 1.89. The maximum absolute atomic E-state index is 8.50. The van der Waals surface area contributed by atoms with Crippen LogP contribution in [0.1, 0.15) is 13.3 Å². The summed E-state index contributed by atoms with van der Waals surface area (Å²) in [5, 5.41) is 19.6. The van der Waals surface area contributed by atoms with Crippen LogP contribution in [0.4, 0.5) is 0 Å². The average molecular weight is 161 g/mol. The smallest absolute Gasteiger partial charge is 0.233 e. The number of hydrogen-bond donors (Lipinski definition) is 3. The standard InChI is InChI=1S/C6H15N3O2/c1-2-9(4-3-5-10)6(7)8-11/h10-11H,2-5H2,1H3,(H2,7,8). The molecule has 4 N–H and O–H groups in total. The molecule has 0 bridgehead atoms. The number of oxime groups is 1. The van der Waals surface area contributed by atoms with Crippen molar-refractivity contribution in [1.82, 2.24) is 4.90 Å². The lowest BCUT2D eigenvalue weighted by Gasteiger charge is -2.19. The third-order valence-electron chi connectivity index (χ3n) is 1.39. The summed E-state index contributed by atoms with van der Waals surface area (Å²) >= 11 is 0. The van der Waals surface area contributed by atoms with Gasteiger partial charge in [-0.05, 0) is 13.3 Å². The van der Waals surface area contributed by atoms with Crippen LogP contribution in [0.3, 0.4) is 0 Å². The highest BCUT2D eigenvalue weighted by molar-refractivity contribution is 5.77. The highest BCUT2D eigenvalue weighted by atomic mass is 16.4. The van der Waals surface area contributed by atoms with E-state index in [9.17, 15) is 0 Å². The molecule has 0 radical (unpaired) electrons. The zero-order valence-corrected chi connectivity index (χ0v) is 6.69. The van der Waals surface area contributed by atoms with E-state index in [2.05, 4.69) is 5.16 Å². The number of aliphatic hydroxyl groups is 1. The van der Waals surface area contributed by atoms with Crippen LogP contribution in [0.2, 0.25) is 0 Å². The molecule has 0 spiro atoms. The average Bonchev–Trinajstić information content (AvgIpc) is 2.05. The molecule has 0 heterocycles. The molecule has 0 saturated heterocycles. The van der Waals surface area contributed by atoms with Crippen LogP contribution in [0.15, 0.2) is 5.16 Å². The first kappa shape index (κ1) is 10.0. The van der Waals surface area contributed by atoms with Gasteiger partial charge in [-0.2, -0.15) is 0 Å². The van der Waals surface area contributed by atoms with Gasteiger partial charge in [0.25, 0.3) is 0 Å². The summed E-state index contributed by atoms with van der Waals surface area (Å²) in [4.78, 5) is 1.68. The van der Waals surface area contributed by atoms with Crippen molar-refractivity contribution in [3.8, 4) is 0 Å².